The van der Waals surface area contributed by atoms with E-state index in [-0.39, 0.29) is 6.79 Å². The van der Waals surface area contributed by atoms with Gasteiger partial charge < -0.3 is 9.47 Å². The second kappa shape index (κ2) is 5.71. The Bertz CT molecular complexity index is 998. The summed E-state index contributed by atoms with van der Waals surface area (Å²) >= 11 is 0. The summed E-state index contributed by atoms with van der Waals surface area (Å²) in [6, 6.07) is 15.4. The van der Waals surface area contributed by atoms with E-state index in [1.807, 2.05) is 49.4 Å². The van der Waals surface area contributed by atoms with Crippen molar-refractivity contribution in [3.05, 3.63) is 65.1 Å². The molecule has 4 nitrogen and oxygen atoms in total. The van der Waals surface area contributed by atoms with Crippen molar-refractivity contribution in [3.8, 4) is 17.6 Å². The quantitative estimate of drug-likeness (QED) is 0.638. The number of fused-ring (bicyclic) bond motifs is 2. The van der Waals surface area contributed by atoms with Crippen LogP contribution >= 0.6 is 0 Å². The minimum absolute atomic E-state index is 0.248. The average Bonchev–Trinajstić information content (AvgIpc) is 3.05. The van der Waals surface area contributed by atoms with Gasteiger partial charge in [-0.15, -0.1) is 0 Å². The molecule has 0 fully saturated rings. The highest BCUT2D eigenvalue weighted by molar-refractivity contribution is 5.93. The number of nitrogens with zero attached hydrogens (tertiary/aromatic N) is 1. The Morgan fingerprint density at radius 2 is 1.79 bits per heavy atom. The van der Waals surface area contributed by atoms with Crippen molar-refractivity contribution in [3.63, 3.8) is 0 Å². The van der Waals surface area contributed by atoms with Crippen molar-refractivity contribution in [2.24, 2.45) is 0 Å². The molecule has 4 heteroatoms. The number of benzene rings is 2. The molecule has 0 saturated heterocycles. The molecule has 0 aliphatic carbocycles. The fraction of sp³-hybridized carbons (Fsp3) is 0.100. The first-order valence-corrected chi connectivity index (χ1v) is 7.58. The van der Waals surface area contributed by atoms with Gasteiger partial charge in [-0.1, -0.05) is 12.1 Å². The number of hydrogen-bond acceptors (Lipinski definition) is 3. The first-order chi connectivity index (χ1) is 11.7. The van der Waals surface area contributed by atoms with E-state index in [4.69, 9.17) is 19.2 Å². The molecule has 0 radical (unpaired) electrons. The largest absolute Gasteiger partial charge is 0.454 e. The summed E-state index contributed by atoms with van der Waals surface area (Å²) in [6.07, 6.45) is 3.89. The SMILES string of the molecule is Cc1cc2cc3c(cc2c(/C=C/c2ccc(C#N)cc2)[o+]1)OCO3. The number of aryl methyl sites for hydroxylation is 1. The minimum atomic E-state index is 0.248. The van der Waals surface area contributed by atoms with Crippen molar-refractivity contribution < 1.29 is 13.9 Å². The van der Waals surface area contributed by atoms with E-state index in [1.165, 1.54) is 0 Å². The Kier molecular flexibility index (Phi) is 3.40. The van der Waals surface area contributed by atoms with Gasteiger partial charge in [0.25, 0.3) is 0 Å². The maximum Gasteiger partial charge on any atom is 0.360 e. The minimum Gasteiger partial charge on any atom is -0.454 e. The van der Waals surface area contributed by atoms with Gasteiger partial charge in [0.2, 0.25) is 6.79 Å². The van der Waals surface area contributed by atoms with Crippen LogP contribution in [-0.2, 0) is 0 Å². The van der Waals surface area contributed by atoms with Gasteiger partial charge in [0.15, 0.2) is 11.5 Å². The van der Waals surface area contributed by atoms with Crippen LogP contribution in [0.15, 0.2) is 46.9 Å². The third kappa shape index (κ3) is 2.57. The Morgan fingerprint density at radius 1 is 1.04 bits per heavy atom. The molecule has 1 aromatic heterocycles. The molecule has 0 amide bonds. The zero-order valence-electron chi connectivity index (χ0n) is 13.1. The molecule has 0 bridgehead atoms. The van der Waals surface area contributed by atoms with Crippen molar-refractivity contribution in [1.82, 2.24) is 0 Å². The van der Waals surface area contributed by atoms with Crippen LogP contribution in [0.1, 0.15) is 22.6 Å². The maximum atomic E-state index is 8.86. The third-order valence-corrected chi connectivity index (χ3v) is 3.91. The molecule has 116 valence electrons. The van der Waals surface area contributed by atoms with Gasteiger partial charge in [0, 0.05) is 23.6 Å². The van der Waals surface area contributed by atoms with Crippen molar-refractivity contribution in [1.29, 1.82) is 5.26 Å². The van der Waals surface area contributed by atoms with Crippen LogP contribution in [0.4, 0.5) is 0 Å². The molecule has 4 rings (SSSR count). The second-order valence-electron chi connectivity index (χ2n) is 5.58. The first kappa shape index (κ1) is 14.3. The molecule has 0 atom stereocenters. The summed E-state index contributed by atoms with van der Waals surface area (Å²) in [5, 5.41) is 10.9. The number of rotatable bonds is 2. The van der Waals surface area contributed by atoms with E-state index < -0.39 is 0 Å². The molecule has 1 aliphatic heterocycles. The van der Waals surface area contributed by atoms with E-state index >= 15 is 0 Å². The molecule has 2 aromatic carbocycles. The van der Waals surface area contributed by atoms with Gasteiger partial charge in [-0.25, -0.2) is 4.42 Å². The van der Waals surface area contributed by atoms with Gasteiger partial charge in [-0.2, -0.15) is 5.26 Å². The van der Waals surface area contributed by atoms with E-state index in [2.05, 4.69) is 6.07 Å². The zero-order chi connectivity index (χ0) is 16.5. The van der Waals surface area contributed by atoms with Crippen LogP contribution in [-0.4, -0.2) is 6.79 Å². The molecule has 0 saturated carbocycles. The fourth-order valence-corrected chi connectivity index (χ4v) is 2.73. The highest BCUT2D eigenvalue weighted by atomic mass is 16.7. The van der Waals surface area contributed by atoms with Crippen LogP contribution in [0.5, 0.6) is 11.5 Å². The normalized spacial score (nSPS) is 12.7. The monoisotopic (exact) mass is 316 g/mol. The summed E-state index contributed by atoms with van der Waals surface area (Å²) in [4.78, 5) is 0. The molecule has 0 unspecified atom stereocenters. The predicted octanol–water partition coefficient (Wildman–Crippen LogP) is 4.79. The maximum absolute atomic E-state index is 8.86. The molecule has 0 spiro atoms. The van der Waals surface area contributed by atoms with E-state index in [1.54, 1.807) is 12.1 Å². The summed E-state index contributed by atoms with van der Waals surface area (Å²) < 4.78 is 16.8. The summed E-state index contributed by atoms with van der Waals surface area (Å²) in [5.74, 6) is 3.07. The number of hydrogen-bond donors (Lipinski definition) is 0. The van der Waals surface area contributed by atoms with Crippen LogP contribution in [0.2, 0.25) is 0 Å². The molecular formula is C20H14NO3+. The highest BCUT2D eigenvalue weighted by Gasteiger charge is 2.20. The number of ether oxygens (including phenoxy) is 2. The second-order valence-corrected chi connectivity index (χ2v) is 5.58. The lowest BCUT2D eigenvalue weighted by Gasteiger charge is -1.99. The fourth-order valence-electron chi connectivity index (χ4n) is 2.73. The molecule has 24 heavy (non-hydrogen) atoms. The average molecular weight is 316 g/mol. The third-order valence-electron chi connectivity index (χ3n) is 3.91. The van der Waals surface area contributed by atoms with Crippen molar-refractivity contribution in [2.45, 2.75) is 6.92 Å². The molecule has 2 heterocycles. The topological polar surface area (TPSA) is 53.6 Å². The molecule has 1 aliphatic rings. The van der Waals surface area contributed by atoms with Crippen molar-refractivity contribution in [2.75, 3.05) is 6.79 Å². The van der Waals surface area contributed by atoms with Crippen LogP contribution in [0.3, 0.4) is 0 Å². The Morgan fingerprint density at radius 3 is 2.54 bits per heavy atom. The highest BCUT2D eigenvalue weighted by Crippen LogP contribution is 2.38. The van der Waals surface area contributed by atoms with Gasteiger partial charge in [0.1, 0.15) is 0 Å². The van der Waals surface area contributed by atoms with Gasteiger partial charge in [-0.05, 0) is 29.8 Å². The van der Waals surface area contributed by atoms with Gasteiger partial charge in [0.05, 0.1) is 23.9 Å². The lowest BCUT2D eigenvalue weighted by Crippen LogP contribution is -1.92. The van der Waals surface area contributed by atoms with Crippen LogP contribution in [0, 0.1) is 18.3 Å². The van der Waals surface area contributed by atoms with E-state index in [9.17, 15) is 0 Å². The van der Waals surface area contributed by atoms with Crippen molar-refractivity contribution >= 4 is 22.9 Å². The van der Waals surface area contributed by atoms with Crippen LogP contribution in [0.25, 0.3) is 22.9 Å². The van der Waals surface area contributed by atoms with Gasteiger partial charge >= 0.3 is 11.5 Å². The predicted molar refractivity (Wildman–Crippen MR) is 91.6 cm³/mol. The molecule has 3 aromatic rings. The lowest BCUT2D eigenvalue weighted by atomic mass is 10.1. The molecular weight excluding hydrogens is 302 g/mol. The Hall–Kier alpha value is -3.32. The first-order valence-electron chi connectivity index (χ1n) is 7.58. The number of nitriles is 1. The lowest BCUT2D eigenvalue weighted by molar-refractivity contribution is 0.174. The summed E-state index contributed by atoms with van der Waals surface area (Å²) in [7, 11) is 0. The zero-order valence-corrected chi connectivity index (χ0v) is 13.1. The molecule has 0 N–H and O–H groups in total. The van der Waals surface area contributed by atoms with Crippen LogP contribution < -0.4 is 9.47 Å². The van der Waals surface area contributed by atoms with Gasteiger partial charge in [-0.3, -0.25) is 0 Å². The van der Waals surface area contributed by atoms with E-state index in [0.29, 0.717) is 5.56 Å². The standard InChI is InChI=1S/C20H14NO3/c1-13-8-16-9-19-20(23-12-22-19)10-17(16)18(24-13)7-6-14-2-4-15(11-21)5-3-14/h2-10H,12H2,1H3/q+1/b7-6+. The summed E-state index contributed by atoms with van der Waals surface area (Å²) in [6.45, 7) is 2.17. The van der Waals surface area contributed by atoms with E-state index in [0.717, 1.165) is 39.4 Å². The Labute approximate surface area is 139 Å². The Balaban J connectivity index is 1.77. The summed E-state index contributed by atoms with van der Waals surface area (Å²) in [5.41, 5.74) is 1.64. The smallest absolute Gasteiger partial charge is 0.360 e.